The van der Waals surface area contributed by atoms with Crippen LogP contribution < -0.4 is 10.5 Å². The largest absolute Gasteiger partial charge is 0.494 e. The third-order valence-electron chi connectivity index (χ3n) is 2.86. The van der Waals surface area contributed by atoms with Crippen LogP contribution in [0.1, 0.15) is 34.1 Å². The van der Waals surface area contributed by atoms with Crippen molar-refractivity contribution in [3.05, 3.63) is 45.4 Å². The van der Waals surface area contributed by atoms with Crippen molar-refractivity contribution in [2.45, 2.75) is 26.8 Å². The van der Waals surface area contributed by atoms with Crippen LogP contribution in [-0.2, 0) is 0 Å². The zero-order chi connectivity index (χ0) is 13.1. The molecule has 3 nitrogen and oxygen atoms in total. The monoisotopic (exact) mass is 262 g/mol. The first-order chi connectivity index (χ1) is 8.61. The average Bonchev–Trinajstić information content (AvgIpc) is 2.70. The van der Waals surface area contributed by atoms with Gasteiger partial charge in [-0.25, -0.2) is 4.98 Å². The Labute approximate surface area is 112 Å². The molecule has 1 unspecified atom stereocenters. The van der Waals surface area contributed by atoms with Gasteiger partial charge in [-0.15, -0.1) is 11.3 Å². The van der Waals surface area contributed by atoms with Gasteiger partial charge in [-0.1, -0.05) is 12.1 Å². The summed E-state index contributed by atoms with van der Waals surface area (Å²) in [6.07, 6.45) is 0. The minimum absolute atomic E-state index is 0.155. The normalized spacial score (nSPS) is 12.4. The topological polar surface area (TPSA) is 48.1 Å². The first-order valence-electron chi connectivity index (χ1n) is 6.04. The van der Waals surface area contributed by atoms with Gasteiger partial charge < -0.3 is 10.5 Å². The molecule has 0 fully saturated rings. The van der Waals surface area contributed by atoms with Crippen molar-refractivity contribution < 1.29 is 4.74 Å². The third-order valence-corrected chi connectivity index (χ3v) is 4.02. The van der Waals surface area contributed by atoms with E-state index in [1.807, 2.05) is 38.1 Å². The van der Waals surface area contributed by atoms with Crippen LogP contribution in [0.15, 0.2) is 24.3 Å². The Balaban J connectivity index is 2.20. The van der Waals surface area contributed by atoms with Crippen LogP contribution >= 0.6 is 11.3 Å². The Morgan fingerprint density at radius 3 is 2.44 bits per heavy atom. The van der Waals surface area contributed by atoms with Crippen molar-refractivity contribution in [3.63, 3.8) is 0 Å². The number of thiazole rings is 1. The van der Waals surface area contributed by atoms with Crippen LogP contribution in [0.4, 0.5) is 0 Å². The van der Waals surface area contributed by atoms with Crippen molar-refractivity contribution in [2.24, 2.45) is 5.73 Å². The lowest BCUT2D eigenvalue weighted by atomic mass is 10.1. The highest BCUT2D eigenvalue weighted by molar-refractivity contribution is 7.11. The maximum atomic E-state index is 6.23. The lowest BCUT2D eigenvalue weighted by Gasteiger charge is -2.10. The fraction of sp³-hybridized carbons (Fsp3) is 0.357. The van der Waals surface area contributed by atoms with Gasteiger partial charge in [-0.3, -0.25) is 0 Å². The highest BCUT2D eigenvalue weighted by atomic mass is 32.1. The SMILES string of the molecule is CCOc1ccc(C(N)c2nc(C)c(C)s2)cc1. The summed E-state index contributed by atoms with van der Waals surface area (Å²) >= 11 is 1.66. The molecular formula is C14H18N2OS. The number of aryl methyl sites for hydroxylation is 2. The summed E-state index contributed by atoms with van der Waals surface area (Å²) in [5.74, 6) is 0.875. The summed E-state index contributed by atoms with van der Waals surface area (Å²) in [7, 11) is 0. The van der Waals surface area contributed by atoms with Gasteiger partial charge in [0, 0.05) is 4.88 Å². The highest BCUT2D eigenvalue weighted by Gasteiger charge is 2.14. The predicted molar refractivity (Wildman–Crippen MR) is 75.2 cm³/mol. The van der Waals surface area contributed by atoms with Gasteiger partial charge in [0.1, 0.15) is 10.8 Å². The first-order valence-corrected chi connectivity index (χ1v) is 6.85. The van der Waals surface area contributed by atoms with E-state index in [0.29, 0.717) is 6.61 Å². The number of benzene rings is 1. The molecule has 1 atom stereocenters. The minimum Gasteiger partial charge on any atom is -0.494 e. The summed E-state index contributed by atoms with van der Waals surface area (Å²) < 4.78 is 5.42. The van der Waals surface area contributed by atoms with Crippen molar-refractivity contribution in [1.82, 2.24) is 4.98 Å². The molecule has 96 valence electrons. The Morgan fingerprint density at radius 2 is 1.94 bits per heavy atom. The van der Waals surface area contributed by atoms with E-state index in [1.165, 1.54) is 4.88 Å². The zero-order valence-electron chi connectivity index (χ0n) is 10.9. The summed E-state index contributed by atoms with van der Waals surface area (Å²) in [5, 5.41) is 0.967. The summed E-state index contributed by atoms with van der Waals surface area (Å²) in [6, 6.07) is 7.75. The summed E-state index contributed by atoms with van der Waals surface area (Å²) in [6.45, 7) is 6.73. The molecule has 0 saturated carbocycles. The number of hydrogen-bond acceptors (Lipinski definition) is 4. The number of ether oxygens (including phenoxy) is 1. The molecular weight excluding hydrogens is 244 g/mol. The molecule has 0 aliphatic rings. The van der Waals surface area contributed by atoms with Gasteiger partial charge in [0.05, 0.1) is 18.3 Å². The molecule has 0 saturated heterocycles. The van der Waals surface area contributed by atoms with Crippen LogP contribution in [-0.4, -0.2) is 11.6 Å². The minimum atomic E-state index is -0.155. The molecule has 0 aliphatic heterocycles. The highest BCUT2D eigenvalue weighted by Crippen LogP contribution is 2.27. The third kappa shape index (κ3) is 2.71. The molecule has 18 heavy (non-hydrogen) atoms. The lowest BCUT2D eigenvalue weighted by molar-refractivity contribution is 0.340. The van der Waals surface area contributed by atoms with Gasteiger partial charge in [0.15, 0.2) is 0 Å². The Bertz CT molecular complexity index is 500. The van der Waals surface area contributed by atoms with Crippen molar-refractivity contribution in [3.8, 4) is 5.75 Å². The van der Waals surface area contributed by atoms with E-state index < -0.39 is 0 Å². The standard InChI is InChI=1S/C14H18N2OS/c1-4-17-12-7-5-11(6-8-12)13(15)14-16-9(2)10(3)18-14/h5-8,13H,4,15H2,1-3H3. The molecule has 2 N–H and O–H groups in total. The van der Waals surface area contributed by atoms with E-state index in [2.05, 4.69) is 11.9 Å². The molecule has 0 bridgehead atoms. The summed E-state index contributed by atoms with van der Waals surface area (Å²) in [5.41, 5.74) is 8.36. The van der Waals surface area contributed by atoms with Crippen molar-refractivity contribution >= 4 is 11.3 Å². The zero-order valence-corrected chi connectivity index (χ0v) is 11.8. The van der Waals surface area contributed by atoms with E-state index in [9.17, 15) is 0 Å². The van der Waals surface area contributed by atoms with E-state index >= 15 is 0 Å². The molecule has 1 aromatic carbocycles. The molecule has 0 spiro atoms. The molecule has 1 heterocycles. The number of hydrogen-bond donors (Lipinski definition) is 1. The van der Waals surface area contributed by atoms with Gasteiger partial charge >= 0.3 is 0 Å². The second-order valence-electron chi connectivity index (χ2n) is 4.17. The summed E-state index contributed by atoms with van der Waals surface area (Å²) in [4.78, 5) is 5.74. The molecule has 4 heteroatoms. The quantitative estimate of drug-likeness (QED) is 0.920. The molecule has 2 aromatic rings. The first kappa shape index (κ1) is 13.1. The fourth-order valence-corrected chi connectivity index (χ4v) is 2.66. The number of rotatable bonds is 4. The van der Waals surface area contributed by atoms with Crippen LogP contribution in [0.2, 0.25) is 0 Å². The Kier molecular flexibility index (Phi) is 3.99. The van der Waals surface area contributed by atoms with Gasteiger partial charge in [-0.05, 0) is 38.5 Å². The fourth-order valence-electron chi connectivity index (χ4n) is 1.71. The van der Waals surface area contributed by atoms with Crippen LogP contribution in [0.3, 0.4) is 0 Å². The Hall–Kier alpha value is -1.39. The lowest BCUT2D eigenvalue weighted by Crippen LogP contribution is -2.11. The van der Waals surface area contributed by atoms with Gasteiger partial charge in [0.2, 0.25) is 0 Å². The molecule has 0 radical (unpaired) electrons. The van der Waals surface area contributed by atoms with Gasteiger partial charge in [0.25, 0.3) is 0 Å². The maximum Gasteiger partial charge on any atom is 0.119 e. The van der Waals surface area contributed by atoms with E-state index in [-0.39, 0.29) is 6.04 Å². The van der Waals surface area contributed by atoms with E-state index in [4.69, 9.17) is 10.5 Å². The van der Waals surface area contributed by atoms with Crippen LogP contribution in [0, 0.1) is 13.8 Å². The maximum absolute atomic E-state index is 6.23. The number of aromatic nitrogens is 1. The number of nitrogens with two attached hydrogens (primary N) is 1. The smallest absolute Gasteiger partial charge is 0.119 e. The number of nitrogens with zero attached hydrogens (tertiary/aromatic N) is 1. The van der Waals surface area contributed by atoms with Crippen molar-refractivity contribution in [2.75, 3.05) is 6.61 Å². The molecule has 2 rings (SSSR count). The van der Waals surface area contributed by atoms with Crippen molar-refractivity contribution in [1.29, 1.82) is 0 Å². The Morgan fingerprint density at radius 1 is 1.28 bits per heavy atom. The second kappa shape index (κ2) is 5.50. The van der Waals surface area contributed by atoms with Crippen LogP contribution in [0.25, 0.3) is 0 Å². The molecule has 0 aliphatic carbocycles. The van der Waals surface area contributed by atoms with E-state index in [0.717, 1.165) is 22.0 Å². The average molecular weight is 262 g/mol. The van der Waals surface area contributed by atoms with Gasteiger partial charge in [-0.2, -0.15) is 0 Å². The molecule has 1 aromatic heterocycles. The van der Waals surface area contributed by atoms with E-state index in [1.54, 1.807) is 11.3 Å². The molecule has 0 amide bonds. The van der Waals surface area contributed by atoms with Crippen LogP contribution in [0.5, 0.6) is 5.75 Å². The second-order valence-corrected chi connectivity index (χ2v) is 5.41. The predicted octanol–water partition coefficient (Wildman–Crippen LogP) is 3.21.